The van der Waals surface area contributed by atoms with Crippen molar-refractivity contribution in [1.29, 1.82) is 0 Å². The summed E-state index contributed by atoms with van der Waals surface area (Å²) in [4.78, 5) is 14.9. The summed E-state index contributed by atoms with van der Waals surface area (Å²) in [7, 11) is 0. The van der Waals surface area contributed by atoms with E-state index < -0.39 is 58.2 Å². The lowest BCUT2D eigenvalue weighted by atomic mass is 9.96. The Hall–Kier alpha value is -3.59. The van der Waals surface area contributed by atoms with E-state index in [0.29, 0.717) is 32.6 Å². The predicted molar refractivity (Wildman–Crippen MR) is 147 cm³/mol. The van der Waals surface area contributed by atoms with Gasteiger partial charge in [-0.2, -0.15) is 23.1 Å². The first-order valence-corrected chi connectivity index (χ1v) is 14.0. The average Bonchev–Trinajstić information content (AvgIpc) is 3.69. The first-order valence-electron chi connectivity index (χ1n) is 14.0. The molecule has 0 radical (unpaired) electrons. The number of benzene rings is 1. The fourth-order valence-electron chi connectivity index (χ4n) is 5.59. The Bertz CT molecular complexity index is 1560. The van der Waals surface area contributed by atoms with Gasteiger partial charge in [0, 0.05) is 37.2 Å². The van der Waals surface area contributed by atoms with Crippen LogP contribution in [-0.2, 0) is 6.18 Å². The van der Waals surface area contributed by atoms with Crippen LogP contribution in [0, 0.1) is 24.0 Å². The zero-order chi connectivity index (χ0) is 30.7. The molecule has 232 valence electrons. The highest BCUT2D eigenvalue weighted by Gasteiger charge is 2.47. The minimum atomic E-state index is -5.05. The maximum atomic E-state index is 16.4. The first-order chi connectivity index (χ1) is 20.3. The molecule has 1 atom stereocenters. The van der Waals surface area contributed by atoms with E-state index in [1.54, 1.807) is 6.92 Å². The summed E-state index contributed by atoms with van der Waals surface area (Å²) in [5.41, 5.74) is 0.811. The van der Waals surface area contributed by atoms with E-state index in [2.05, 4.69) is 25.6 Å². The minimum absolute atomic E-state index is 0.0141. The molecule has 1 saturated carbocycles. The normalized spacial score (nSPS) is 20.7. The molecule has 9 nitrogen and oxygen atoms in total. The minimum Gasteiger partial charge on any atom is -0.474 e. The topological polar surface area (TPSA) is 110 Å². The average molecular weight is 612 g/mol. The van der Waals surface area contributed by atoms with E-state index >= 15 is 4.39 Å². The van der Waals surface area contributed by atoms with Crippen molar-refractivity contribution in [3.63, 3.8) is 0 Å². The van der Waals surface area contributed by atoms with Gasteiger partial charge in [0.15, 0.2) is 5.82 Å². The number of rotatable bonds is 6. The van der Waals surface area contributed by atoms with Crippen molar-refractivity contribution in [2.75, 3.05) is 50.5 Å². The lowest BCUT2D eigenvalue weighted by molar-refractivity contribution is -0.137. The van der Waals surface area contributed by atoms with Crippen molar-refractivity contribution in [2.45, 2.75) is 51.6 Å². The van der Waals surface area contributed by atoms with E-state index in [0.717, 1.165) is 25.8 Å². The van der Waals surface area contributed by atoms with Crippen molar-refractivity contribution in [3.05, 3.63) is 28.8 Å². The standard InChI is InChI=1S/C28H31F6N7O2/c1-13-3-6-36-12-37-24-18-23(39-26(40-24)42-11-27(4-5-27)10-41-8-15(29)9-41)21(31)22(38-25(18)43-13)16-7-17(35)20(30)14(2)19(16)28(32,33)34/h7,13,15,36H,3-6,8-12,35H2,1-2H3,(H,37,39,40)/t13-/m0/s1. The third-order valence-electron chi connectivity index (χ3n) is 8.15. The second kappa shape index (κ2) is 10.8. The molecule has 4 heterocycles. The number of halogens is 6. The van der Waals surface area contributed by atoms with E-state index in [4.69, 9.17) is 15.2 Å². The van der Waals surface area contributed by atoms with Crippen LogP contribution in [0.3, 0.4) is 0 Å². The molecular weight excluding hydrogens is 580 g/mol. The zero-order valence-corrected chi connectivity index (χ0v) is 23.5. The molecule has 4 N–H and O–H groups in total. The van der Waals surface area contributed by atoms with Gasteiger partial charge in [0.1, 0.15) is 34.4 Å². The molecule has 2 aliphatic heterocycles. The summed E-state index contributed by atoms with van der Waals surface area (Å²) in [6, 6.07) is 0.515. The molecule has 6 rings (SSSR count). The number of likely N-dealkylation sites (tertiary alicyclic amines) is 1. The molecule has 2 aromatic heterocycles. The molecule has 0 spiro atoms. The summed E-state index contributed by atoms with van der Waals surface area (Å²) in [6.07, 6.45) is -4.14. The number of hydrogen-bond acceptors (Lipinski definition) is 9. The zero-order valence-electron chi connectivity index (χ0n) is 23.5. The number of nitrogen functional groups attached to an aromatic ring is 1. The van der Waals surface area contributed by atoms with E-state index in [1.807, 2.05) is 4.90 Å². The van der Waals surface area contributed by atoms with Crippen LogP contribution in [0.5, 0.6) is 11.9 Å². The number of nitrogens with one attached hydrogen (secondary N) is 2. The van der Waals surface area contributed by atoms with Crippen LogP contribution < -0.4 is 25.8 Å². The number of hydrogen-bond donors (Lipinski definition) is 3. The number of alkyl halides is 4. The summed E-state index contributed by atoms with van der Waals surface area (Å²) >= 11 is 0. The van der Waals surface area contributed by atoms with Gasteiger partial charge in [-0.1, -0.05) is 0 Å². The monoisotopic (exact) mass is 611 g/mol. The second-order valence-electron chi connectivity index (χ2n) is 11.6. The van der Waals surface area contributed by atoms with Crippen LogP contribution in [0.1, 0.15) is 37.3 Å². The predicted octanol–water partition coefficient (Wildman–Crippen LogP) is 4.82. The molecule has 0 amide bonds. The molecule has 1 aliphatic carbocycles. The molecule has 15 heteroatoms. The quantitative estimate of drug-likeness (QED) is 0.267. The van der Waals surface area contributed by atoms with Gasteiger partial charge >= 0.3 is 12.2 Å². The maximum absolute atomic E-state index is 16.4. The summed E-state index contributed by atoms with van der Waals surface area (Å²) in [6.45, 7) is 4.99. The van der Waals surface area contributed by atoms with Crippen LogP contribution in [0.2, 0.25) is 0 Å². The number of ether oxygens (including phenoxy) is 2. The molecular formula is C28H31F6N7O2. The highest BCUT2D eigenvalue weighted by atomic mass is 19.4. The fraction of sp³-hybridized carbons (Fsp3) is 0.536. The van der Waals surface area contributed by atoms with Crippen LogP contribution in [-0.4, -0.2) is 71.6 Å². The van der Waals surface area contributed by atoms with E-state index in [9.17, 15) is 22.0 Å². The fourth-order valence-corrected chi connectivity index (χ4v) is 5.59. The van der Waals surface area contributed by atoms with Crippen molar-refractivity contribution >= 4 is 22.4 Å². The Morgan fingerprint density at radius 2 is 1.91 bits per heavy atom. The summed E-state index contributed by atoms with van der Waals surface area (Å²) in [5, 5.41) is 6.21. The number of pyridine rings is 1. The van der Waals surface area contributed by atoms with Crippen molar-refractivity contribution in [1.82, 2.24) is 25.2 Å². The lowest BCUT2D eigenvalue weighted by Crippen LogP contribution is -2.51. The summed E-state index contributed by atoms with van der Waals surface area (Å²) in [5.74, 6) is -2.55. The molecule has 1 saturated heterocycles. The lowest BCUT2D eigenvalue weighted by Gasteiger charge is -2.36. The first kappa shape index (κ1) is 29.5. The number of anilines is 2. The molecule has 1 aromatic carbocycles. The van der Waals surface area contributed by atoms with Crippen LogP contribution in [0.15, 0.2) is 6.07 Å². The Kier molecular flexibility index (Phi) is 7.43. The maximum Gasteiger partial charge on any atom is 0.417 e. The highest BCUT2D eigenvalue weighted by Crippen LogP contribution is 2.48. The van der Waals surface area contributed by atoms with Crippen molar-refractivity contribution in [2.24, 2.45) is 5.41 Å². The largest absolute Gasteiger partial charge is 0.474 e. The molecule has 43 heavy (non-hydrogen) atoms. The van der Waals surface area contributed by atoms with Gasteiger partial charge in [-0.25, -0.2) is 18.2 Å². The van der Waals surface area contributed by atoms with Crippen molar-refractivity contribution < 1.29 is 35.8 Å². The van der Waals surface area contributed by atoms with Gasteiger partial charge < -0.3 is 20.5 Å². The molecule has 2 fully saturated rings. The third-order valence-corrected chi connectivity index (χ3v) is 8.15. The number of nitrogens with two attached hydrogens (primary N) is 1. The van der Waals surface area contributed by atoms with Crippen molar-refractivity contribution in [3.8, 4) is 23.1 Å². The van der Waals surface area contributed by atoms with Gasteiger partial charge in [0.25, 0.3) is 0 Å². The molecule has 0 unspecified atom stereocenters. The van der Waals surface area contributed by atoms with E-state index in [1.165, 1.54) is 0 Å². The SMILES string of the molecule is Cc1c(F)c(N)cc(-c2nc3c4c(nc(OCC5(CN6CC(F)C6)CC5)nc4c2F)NCNCC[C@H](C)O3)c1C(F)(F)F. The Balaban J connectivity index is 1.49. The number of aromatic nitrogens is 3. The summed E-state index contributed by atoms with van der Waals surface area (Å²) < 4.78 is 98.9. The Morgan fingerprint density at radius 1 is 1.16 bits per heavy atom. The molecule has 3 aromatic rings. The smallest absolute Gasteiger partial charge is 0.417 e. The molecule has 0 bridgehead atoms. The van der Waals surface area contributed by atoms with Crippen LogP contribution >= 0.6 is 0 Å². The molecule has 3 aliphatic rings. The number of nitrogens with zero attached hydrogens (tertiary/aromatic N) is 4. The van der Waals surface area contributed by atoms with E-state index in [-0.39, 0.29) is 47.3 Å². The second-order valence-corrected chi connectivity index (χ2v) is 11.6. The Labute approximate surface area is 243 Å². The van der Waals surface area contributed by atoms with Gasteiger partial charge in [-0.3, -0.25) is 10.2 Å². The Morgan fingerprint density at radius 3 is 2.58 bits per heavy atom. The van der Waals surface area contributed by atoms with Crippen LogP contribution in [0.4, 0.5) is 37.8 Å². The van der Waals surface area contributed by atoms with Gasteiger partial charge in [-0.05, 0) is 44.7 Å². The third kappa shape index (κ3) is 5.71. The highest BCUT2D eigenvalue weighted by molar-refractivity contribution is 5.96. The van der Waals surface area contributed by atoms with Crippen LogP contribution in [0.25, 0.3) is 22.2 Å². The van der Waals surface area contributed by atoms with Gasteiger partial charge in [0.2, 0.25) is 5.88 Å². The van der Waals surface area contributed by atoms with Gasteiger partial charge in [0.05, 0.1) is 30.6 Å². The van der Waals surface area contributed by atoms with Gasteiger partial charge in [-0.15, -0.1) is 0 Å².